The highest BCUT2D eigenvalue weighted by molar-refractivity contribution is 6.29. The largest absolute Gasteiger partial charge is 0.396 e. The molecule has 2 N–H and O–H groups in total. The van der Waals surface area contributed by atoms with Crippen molar-refractivity contribution in [2.24, 2.45) is 5.41 Å². The van der Waals surface area contributed by atoms with Gasteiger partial charge < -0.3 is 10.2 Å². The number of amides is 3. The Balaban J connectivity index is 2.35. The van der Waals surface area contributed by atoms with Crippen LogP contribution in [0, 0.1) is 5.41 Å². The van der Waals surface area contributed by atoms with Gasteiger partial charge in [0.2, 0.25) is 0 Å². The van der Waals surface area contributed by atoms with Crippen LogP contribution in [0.1, 0.15) is 34.6 Å². The SMILES string of the molecule is CC(C)(CO)[C@H](O)C(=O)N1C(=O)c2ccccc2C1=O. The van der Waals surface area contributed by atoms with Crippen LogP contribution in [0.2, 0.25) is 0 Å². The van der Waals surface area contributed by atoms with E-state index in [0.717, 1.165) is 0 Å². The minimum Gasteiger partial charge on any atom is -0.396 e. The fraction of sp³-hybridized carbons (Fsp3) is 0.357. The van der Waals surface area contributed by atoms with E-state index >= 15 is 0 Å². The molecular weight excluding hydrogens is 262 g/mol. The average molecular weight is 277 g/mol. The molecule has 0 fully saturated rings. The molecule has 0 saturated carbocycles. The van der Waals surface area contributed by atoms with E-state index in [0.29, 0.717) is 4.90 Å². The Hall–Kier alpha value is -2.05. The molecule has 20 heavy (non-hydrogen) atoms. The first kappa shape index (κ1) is 14.4. The number of nitrogens with zero attached hydrogens (tertiary/aromatic N) is 1. The van der Waals surface area contributed by atoms with Gasteiger partial charge in [-0.3, -0.25) is 14.4 Å². The lowest BCUT2D eigenvalue weighted by Crippen LogP contribution is -2.49. The number of carbonyl (C=O) groups is 3. The quantitative estimate of drug-likeness (QED) is 0.769. The highest BCUT2D eigenvalue weighted by Crippen LogP contribution is 2.27. The van der Waals surface area contributed by atoms with E-state index < -0.39 is 35.8 Å². The maximum Gasteiger partial charge on any atom is 0.268 e. The van der Waals surface area contributed by atoms with Gasteiger partial charge in [-0.05, 0) is 12.1 Å². The molecule has 1 aliphatic rings. The Morgan fingerprint density at radius 1 is 1.20 bits per heavy atom. The summed E-state index contributed by atoms with van der Waals surface area (Å²) in [6.45, 7) is 2.48. The number of benzene rings is 1. The second-order valence-electron chi connectivity index (χ2n) is 5.38. The normalized spacial score (nSPS) is 16.3. The molecular formula is C14H15NO5. The Kier molecular flexibility index (Phi) is 3.45. The minimum atomic E-state index is -1.64. The van der Waals surface area contributed by atoms with Gasteiger partial charge in [0.1, 0.15) is 6.10 Å². The standard InChI is InChI=1S/C14H15NO5/c1-14(2,7-16)10(17)13(20)15-11(18)8-5-3-4-6-9(8)12(15)19/h3-6,10,16-17H,7H2,1-2H3/t10-/m1/s1. The molecule has 0 aliphatic carbocycles. The van der Waals surface area contributed by atoms with E-state index in [2.05, 4.69) is 0 Å². The summed E-state index contributed by atoms with van der Waals surface area (Å²) in [7, 11) is 0. The monoisotopic (exact) mass is 277 g/mol. The number of fused-ring (bicyclic) bond motifs is 1. The predicted octanol–water partition coefficient (Wildman–Crippen LogP) is 0.189. The fourth-order valence-electron chi connectivity index (χ4n) is 1.93. The van der Waals surface area contributed by atoms with Gasteiger partial charge in [0.05, 0.1) is 17.7 Å². The molecule has 0 saturated heterocycles. The van der Waals surface area contributed by atoms with Crippen LogP contribution in [0.4, 0.5) is 0 Å². The molecule has 0 aromatic heterocycles. The van der Waals surface area contributed by atoms with Crippen LogP contribution in [0.5, 0.6) is 0 Å². The second kappa shape index (κ2) is 4.81. The molecule has 6 nitrogen and oxygen atoms in total. The molecule has 3 amide bonds. The van der Waals surface area contributed by atoms with E-state index in [4.69, 9.17) is 5.11 Å². The van der Waals surface area contributed by atoms with Crippen molar-refractivity contribution in [1.29, 1.82) is 0 Å². The Morgan fingerprint density at radius 2 is 1.65 bits per heavy atom. The van der Waals surface area contributed by atoms with Gasteiger partial charge in [-0.25, -0.2) is 4.90 Å². The van der Waals surface area contributed by atoms with Gasteiger partial charge in [0, 0.05) is 5.41 Å². The van der Waals surface area contributed by atoms with Gasteiger partial charge in [-0.1, -0.05) is 26.0 Å². The highest BCUT2D eigenvalue weighted by Gasteiger charge is 2.45. The molecule has 1 heterocycles. The third-order valence-electron chi connectivity index (χ3n) is 3.40. The Bertz CT molecular complexity index is 558. The first-order valence-electron chi connectivity index (χ1n) is 6.12. The van der Waals surface area contributed by atoms with E-state index in [9.17, 15) is 19.5 Å². The van der Waals surface area contributed by atoms with Gasteiger partial charge >= 0.3 is 0 Å². The third kappa shape index (κ3) is 2.03. The van der Waals surface area contributed by atoms with Crippen LogP contribution in [0.3, 0.4) is 0 Å². The number of imide groups is 3. The van der Waals surface area contributed by atoms with Crippen LogP contribution in [-0.2, 0) is 4.79 Å². The van der Waals surface area contributed by atoms with E-state index in [1.807, 2.05) is 0 Å². The zero-order valence-corrected chi connectivity index (χ0v) is 11.2. The molecule has 1 aromatic rings. The number of aliphatic hydroxyl groups is 2. The molecule has 1 aromatic carbocycles. The van der Waals surface area contributed by atoms with Crippen molar-refractivity contribution in [1.82, 2.24) is 4.90 Å². The zero-order valence-electron chi connectivity index (χ0n) is 11.2. The van der Waals surface area contributed by atoms with Crippen LogP contribution >= 0.6 is 0 Å². The Morgan fingerprint density at radius 3 is 2.05 bits per heavy atom. The fourth-order valence-corrected chi connectivity index (χ4v) is 1.93. The van der Waals surface area contributed by atoms with E-state index in [1.54, 1.807) is 12.1 Å². The molecule has 6 heteroatoms. The number of carbonyl (C=O) groups excluding carboxylic acids is 3. The van der Waals surface area contributed by atoms with Crippen molar-refractivity contribution in [3.63, 3.8) is 0 Å². The lowest BCUT2D eigenvalue weighted by molar-refractivity contribution is -0.142. The lowest BCUT2D eigenvalue weighted by atomic mass is 9.87. The summed E-state index contributed by atoms with van der Waals surface area (Å²) in [6, 6.07) is 6.08. The summed E-state index contributed by atoms with van der Waals surface area (Å²) in [5.41, 5.74) is -0.869. The number of rotatable bonds is 3. The number of hydrogen-bond donors (Lipinski definition) is 2. The third-order valence-corrected chi connectivity index (χ3v) is 3.40. The maximum absolute atomic E-state index is 12.2. The summed E-state index contributed by atoms with van der Waals surface area (Å²) in [5, 5.41) is 19.1. The first-order valence-corrected chi connectivity index (χ1v) is 6.12. The number of aliphatic hydroxyl groups excluding tert-OH is 2. The zero-order chi connectivity index (χ0) is 15.1. The molecule has 0 unspecified atom stereocenters. The van der Waals surface area contributed by atoms with Gasteiger partial charge in [0.15, 0.2) is 0 Å². The lowest BCUT2D eigenvalue weighted by Gasteiger charge is -2.28. The molecule has 0 radical (unpaired) electrons. The maximum atomic E-state index is 12.2. The number of hydrogen-bond acceptors (Lipinski definition) is 5. The molecule has 0 bridgehead atoms. The smallest absolute Gasteiger partial charge is 0.268 e. The topological polar surface area (TPSA) is 94.9 Å². The van der Waals surface area contributed by atoms with Crippen molar-refractivity contribution in [3.05, 3.63) is 35.4 Å². The van der Waals surface area contributed by atoms with Crippen LogP contribution in [0.15, 0.2) is 24.3 Å². The average Bonchev–Trinajstić information content (AvgIpc) is 2.70. The molecule has 1 atom stereocenters. The van der Waals surface area contributed by atoms with Gasteiger partial charge in [-0.2, -0.15) is 0 Å². The van der Waals surface area contributed by atoms with Crippen LogP contribution in [0.25, 0.3) is 0 Å². The first-order chi connectivity index (χ1) is 9.31. The predicted molar refractivity (Wildman–Crippen MR) is 68.8 cm³/mol. The minimum absolute atomic E-state index is 0.139. The van der Waals surface area contributed by atoms with Crippen LogP contribution in [-0.4, -0.2) is 45.5 Å². The molecule has 1 aliphatic heterocycles. The summed E-state index contributed by atoms with van der Waals surface area (Å²) < 4.78 is 0. The summed E-state index contributed by atoms with van der Waals surface area (Å²) in [5.74, 6) is -2.51. The summed E-state index contributed by atoms with van der Waals surface area (Å²) in [4.78, 5) is 36.8. The molecule has 0 spiro atoms. The van der Waals surface area contributed by atoms with Crippen molar-refractivity contribution >= 4 is 17.7 Å². The summed E-state index contributed by atoms with van der Waals surface area (Å²) >= 11 is 0. The summed E-state index contributed by atoms with van der Waals surface area (Å²) in [6.07, 6.45) is -1.64. The highest BCUT2D eigenvalue weighted by atomic mass is 16.3. The van der Waals surface area contributed by atoms with E-state index in [-0.39, 0.29) is 11.1 Å². The van der Waals surface area contributed by atoms with Crippen molar-refractivity contribution in [2.75, 3.05) is 6.61 Å². The van der Waals surface area contributed by atoms with Crippen molar-refractivity contribution in [3.8, 4) is 0 Å². The molecule has 106 valence electrons. The van der Waals surface area contributed by atoms with Crippen molar-refractivity contribution in [2.45, 2.75) is 20.0 Å². The Labute approximate surface area is 115 Å². The van der Waals surface area contributed by atoms with Gasteiger partial charge in [0.25, 0.3) is 17.7 Å². The second-order valence-corrected chi connectivity index (χ2v) is 5.38. The van der Waals surface area contributed by atoms with Crippen molar-refractivity contribution < 1.29 is 24.6 Å². The van der Waals surface area contributed by atoms with Gasteiger partial charge in [-0.15, -0.1) is 0 Å². The van der Waals surface area contributed by atoms with E-state index in [1.165, 1.54) is 26.0 Å². The molecule has 2 rings (SSSR count). The van der Waals surface area contributed by atoms with Crippen LogP contribution < -0.4 is 0 Å².